The summed E-state index contributed by atoms with van der Waals surface area (Å²) < 4.78 is 11.7. The zero-order valence-electron chi connectivity index (χ0n) is 15.6. The number of imide groups is 1. The molecule has 0 unspecified atom stereocenters. The maximum atomic E-state index is 12.8. The van der Waals surface area contributed by atoms with E-state index in [9.17, 15) is 9.59 Å². The third-order valence-electron chi connectivity index (χ3n) is 4.88. The lowest BCUT2D eigenvalue weighted by Crippen LogP contribution is -2.34. The Hall–Kier alpha value is -1.47. The third-order valence-corrected chi connectivity index (χ3v) is 6.37. The number of ether oxygens (including phenoxy) is 2. The molecule has 1 saturated carbocycles. The quantitative estimate of drug-likeness (QED) is 0.534. The molecular formula is C20H24BrNO4S. The smallest absolute Gasteiger partial charge is 0.293 e. The number of methoxy groups -OCH3 is 1. The van der Waals surface area contributed by atoms with Gasteiger partial charge in [-0.2, -0.15) is 0 Å². The van der Waals surface area contributed by atoms with Crippen LogP contribution in [0.15, 0.2) is 21.5 Å². The Kier molecular flexibility index (Phi) is 6.87. The molecule has 0 radical (unpaired) electrons. The molecule has 1 saturated heterocycles. The van der Waals surface area contributed by atoms with Crippen LogP contribution >= 0.6 is 27.7 Å². The summed E-state index contributed by atoms with van der Waals surface area (Å²) in [5.41, 5.74) is 0.783. The number of rotatable bonds is 6. The SMILES string of the molecule is CCOc1c(Br)cc(/C=C2/SC(=O)N(CC3CCCCC3)C2=O)cc1OC. The van der Waals surface area contributed by atoms with Crippen LogP contribution in [-0.2, 0) is 4.79 Å². The minimum atomic E-state index is -0.195. The number of amides is 2. The predicted octanol–water partition coefficient (Wildman–Crippen LogP) is 5.47. The zero-order valence-corrected chi connectivity index (χ0v) is 18.0. The Balaban J connectivity index is 1.79. The van der Waals surface area contributed by atoms with E-state index in [2.05, 4.69) is 15.9 Å². The van der Waals surface area contributed by atoms with Crippen molar-refractivity contribution in [2.24, 2.45) is 5.92 Å². The summed E-state index contributed by atoms with van der Waals surface area (Å²) in [5.74, 6) is 1.45. The van der Waals surface area contributed by atoms with Crippen LogP contribution in [0.1, 0.15) is 44.6 Å². The minimum absolute atomic E-state index is 0.172. The van der Waals surface area contributed by atoms with Crippen LogP contribution in [-0.4, -0.2) is 36.3 Å². The second-order valence-corrected chi connectivity index (χ2v) is 8.61. The number of hydrogen-bond donors (Lipinski definition) is 0. The molecule has 0 N–H and O–H groups in total. The Bertz CT molecular complexity index is 759. The highest BCUT2D eigenvalue weighted by molar-refractivity contribution is 9.10. The van der Waals surface area contributed by atoms with Gasteiger partial charge in [0.05, 0.1) is 23.1 Å². The molecule has 1 aliphatic carbocycles. The maximum Gasteiger partial charge on any atom is 0.293 e. The van der Waals surface area contributed by atoms with E-state index in [-0.39, 0.29) is 11.1 Å². The molecule has 2 fully saturated rings. The van der Waals surface area contributed by atoms with Crippen molar-refractivity contribution in [3.8, 4) is 11.5 Å². The molecule has 1 aromatic carbocycles. The molecule has 27 heavy (non-hydrogen) atoms. The average Bonchev–Trinajstić information content (AvgIpc) is 2.92. The van der Waals surface area contributed by atoms with Crippen molar-refractivity contribution < 1.29 is 19.1 Å². The topological polar surface area (TPSA) is 55.8 Å². The Morgan fingerprint density at radius 1 is 1.26 bits per heavy atom. The summed E-state index contributed by atoms with van der Waals surface area (Å²) in [6.07, 6.45) is 7.59. The lowest BCUT2D eigenvalue weighted by Gasteiger charge is -2.25. The third kappa shape index (κ3) is 4.69. The van der Waals surface area contributed by atoms with Crippen molar-refractivity contribution in [3.05, 3.63) is 27.1 Å². The highest BCUT2D eigenvalue weighted by Crippen LogP contribution is 2.39. The second-order valence-electron chi connectivity index (χ2n) is 6.76. The van der Waals surface area contributed by atoms with E-state index in [1.807, 2.05) is 19.1 Å². The summed E-state index contributed by atoms with van der Waals surface area (Å²) in [6, 6.07) is 3.67. The van der Waals surface area contributed by atoms with Crippen LogP contribution in [0.4, 0.5) is 4.79 Å². The van der Waals surface area contributed by atoms with Crippen LogP contribution in [0.5, 0.6) is 11.5 Å². The van der Waals surface area contributed by atoms with Gasteiger partial charge in [0.15, 0.2) is 11.5 Å². The zero-order chi connectivity index (χ0) is 19.4. The van der Waals surface area contributed by atoms with Crippen LogP contribution in [0.2, 0.25) is 0 Å². The molecule has 0 bridgehead atoms. The standard InChI is InChI=1S/C20H24BrNO4S/c1-3-26-18-15(21)9-14(10-16(18)25-2)11-17-19(23)22(20(24)27-17)12-13-7-5-4-6-8-13/h9-11,13H,3-8,12H2,1-2H3/b17-11+. The molecule has 2 amide bonds. The van der Waals surface area contributed by atoms with Gasteiger partial charge in [0.2, 0.25) is 0 Å². The van der Waals surface area contributed by atoms with Gasteiger partial charge >= 0.3 is 0 Å². The fraction of sp³-hybridized carbons (Fsp3) is 0.500. The Morgan fingerprint density at radius 2 is 2.00 bits per heavy atom. The van der Waals surface area contributed by atoms with Crippen LogP contribution in [0.3, 0.4) is 0 Å². The molecule has 0 spiro atoms. The maximum absolute atomic E-state index is 12.8. The molecular weight excluding hydrogens is 430 g/mol. The van der Waals surface area contributed by atoms with E-state index in [1.54, 1.807) is 13.2 Å². The first-order chi connectivity index (χ1) is 13.0. The molecule has 1 heterocycles. The molecule has 7 heteroatoms. The molecule has 0 aromatic heterocycles. The molecule has 5 nitrogen and oxygen atoms in total. The molecule has 0 atom stereocenters. The summed E-state index contributed by atoms with van der Waals surface area (Å²) in [5, 5.41) is -0.172. The van der Waals surface area contributed by atoms with Crippen molar-refractivity contribution >= 4 is 44.9 Å². The van der Waals surface area contributed by atoms with Gasteiger partial charge in [-0.25, -0.2) is 0 Å². The van der Waals surface area contributed by atoms with E-state index >= 15 is 0 Å². The van der Waals surface area contributed by atoms with E-state index < -0.39 is 0 Å². The van der Waals surface area contributed by atoms with Gasteiger partial charge in [-0.05, 0) is 77.1 Å². The lowest BCUT2D eigenvalue weighted by atomic mass is 9.89. The summed E-state index contributed by atoms with van der Waals surface area (Å²) in [6.45, 7) is 2.97. The normalized spacial score (nSPS) is 19.8. The van der Waals surface area contributed by atoms with Gasteiger partial charge < -0.3 is 9.47 Å². The average molecular weight is 454 g/mol. The van der Waals surface area contributed by atoms with Crippen LogP contribution < -0.4 is 9.47 Å². The molecule has 2 aliphatic rings. The number of carbonyl (C=O) groups is 2. The Labute approximate surface area is 172 Å². The number of halogens is 1. The monoisotopic (exact) mass is 453 g/mol. The van der Waals surface area contributed by atoms with Gasteiger partial charge in [0, 0.05) is 6.54 Å². The summed E-state index contributed by atoms with van der Waals surface area (Å²) in [7, 11) is 1.58. The highest BCUT2D eigenvalue weighted by Gasteiger charge is 2.36. The number of carbonyl (C=O) groups excluding carboxylic acids is 2. The largest absolute Gasteiger partial charge is 0.493 e. The van der Waals surface area contributed by atoms with Crippen LogP contribution in [0.25, 0.3) is 6.08 Å². The molecule has 3 rings (SSSR count). The van der Waals surface area contributed by atoms with Crippen molar-refractivity contribution in [1.29, 1.82) is 0 Å². The number of benzene rings is 1. The van der Waals surface area contributed by atoms with Crippen molar-refractivity contribution in [1.82, 2.24) is 4.90 Å². The number of thioether (sulfide) groups is 1. The van der Waals surface area contributed by atoms with Crippen molar-refractivity contribution in [2.75, 3.05) is 20.3 Å². The molecule has 146 valence electrons. The number of nitrogens with zero attached hydrogens (tertiary/aromatic N) is 1. The Morgan fingerprint density at radius 3 is 2.67 bits per heavy atom. The second kappa shape index (κ2) is 9.15. The fourth-order valence-electron chi connectivity index (χ4n) is 3.54. The first-order valence-corrected chi connectivity index (χ1v) is 10.9. The van der Waals surface area contributed by atoms with Crippen molar-refractivity contribution in [3.63, 3.8) is 0 Å². The van der Waals surface area contributed by atoms with Gasteiger partial charge in [-0.1, -0.05) is 19.3 Å². The van der Waals surface area contributed by atoms with E-state index in [0.717, 1.165) is 34.6 Å². The minimum Gasteiger partial charge on any atom is -0.493 e. The predicted molar refractivity (Wildman–Crippen MR) is 111 cm³/mol. The molecule has 1 aliphatic heterocycles. The van der Waals surface area contributed by atoms with Gasteiger partial charge in [-0.15, -0.1) is 0 Å². The first kappa shape index (κ1) is 20.3. The van der Waals surface area contributed by atoms with E-state index in [0.29, 0.717) is 35.5 Å². The van der Waals surface area contributed by atoms with Gasteiger partial charge in [-0.3, -0.25) is 14.5 Å². The first-order valence-electron chi connectivity index (χ1n) is 9.29. The molecule has 1 aromatic rings. The van der Waals surface area contributed by atoms with Gasteiger partial charge in [0.25, 0.3) is 11.1 Å². The van der Waals surface area contributed by atoms with E-state index in [4.69, 9.17) is 9.47 Å². The fourth-order valence-corrected chi connectivity index (χ4v) is 4.97. The lowest BCUT2D eigenvalue weighted by molar-refractivity contribution is -0.123. The number of hydrogen-bond acceptors (Lipinski definition) is 5. The summed E-state index contributed by atoms with van der Waals surface area (Å²) in [4.78, 5) is 27.0. The summed E-state index contributed by atoms with van der Waals surface area (Å²) >= 11 is 4.50. The van der Waals surface area contributed by atoms with E-state index in [1.165, 1.54) is 24.2 Å². The van der Waals surface area contributed by atoms with Crippen molar-refractivity contribution in [2.45, 2.75) is 39.0 Å². The van der Waals surface area contributed by atoms with Crippen LogP contribution in [0, 0.1) is 5.92 Å². The van der Waals surface area contributed by atoms with Gasteiger partial charge in [0.1, 0.15) is 0 Å². The highest BCUT2D eigenvalue weighted by atomic mass is 79.9.